The van der Waals surface area contributed by atoms with Gasteiger partial charge < -0.3 is 14.6 Å². The summed E-state index contributed by atoms with van der Waals surface area (Å²) in [5, 5.41) is 11.8. The third kappa shape index (κ3) is 3.19. The second kappa shape index (κ2) is 4.33. The van der Waals surface area contributed by atoms with Crippen LogP contribution in [0, 0.1) is 0 Å². The number of carbonyl (C=O) groups is 1. The van der Waals surface area contributed by atoms with Crippen molar-refractivity contribution >= 4 is 5.97 Å². The Morgan fingerprint density at radius 1 is 1.54 bits per heavy atom. The molecule has 0 aliphatic carbocycles. The Kier molecular flexibility index (Phi) is 4.25. The molecule has 0 radical (unpaired) electrons. The molecule has 1 fully saturated rings. The van der Waals surface area contributed by atoms with Gasteiger partial charge in [0.05, 0.1) is 18.6 Å². The molecule has 0 unspecified atom stereocenters. The summed E-state index contributed by atoms with van der Waals surface area (Å²) < 4.78 is 39.5. The molecule has 1 aliphatic heterocycles. The first kappa shape index (κ1) is 12.8. The van der Waals surface area contributed by atoms with Crippen LogP contribution in [0.2, 0.25) is 0 Å². The quantitative estimate of drug-likeness (QED) is 0.425. The summed E-state index contributed by atoms with van der Waals surface area (Å²) in [5.41, 5.74) is 0. The van der Waals surface area contributed by atoms with E-state index in [0.717, 1.165) is 0 Å². The number of carbonyl (C=O) groups excluding carboxylic acids is 1. The zero-order valence-corrected chi connectivity index (χ0v) is 6.72. The summed E-state index contributed by atoms with van der Waals surface area (Å²) in [7, 11) is 0. The van der Waals surface area contributed by atoms with Crippen LogP contribution in [0.3, 0.4) is 0 Å². The number of aliphatic carboxylic acids is 1. The molecule has 1 N–H and O–H groups in total. The minimum atomic E-state index is -4.58. The summed E-state index contributed by atoms with van der Waals surface area (Å²) in [6.45, 7) is -0.521. The van der Waals surface area contributed by atoms with Crippen molar-refractivity contribution in [3.63, 3.8) is 0 Å². The van der Waals surface area contributed by atoms with E-state index in [1.54, 1.807) is 5.32 Å². The molecule has 0 spiro atoms. The van der Waals surface area contributed by atoms with Crippen LogP contribution in [0.15, 0.2) is 0 Å². The van der Waals surface area contributed by atoms with Crippen LogP contribution in [0.5, 0.6) is 0 Å². The number of alkyl halides is 3. The molecule has 13 heavy (non-hydrogen) atoms. The van der Waals surface area contributed by atoms with Gasteiger partial charge in [0.2, 0.25) is 6.23 Å². The number of carboxylic acids is 1. The van der Waals surface area contributed by atoms with Gasteiger partial charge in [-0.25, -0.2) is 0 Å². The Morgan fingerprint density at radius 3 is 2.31 bits per heavy atom. The minimum absolute atomic E-state index is 0. The molecule has 0 aromatic carbocycles. The predicted molar refractivity (Wildman–Crippen MR) is 27.7 cm³/mol. The van der Waals surface area contributed by atoms with E-state index in [4.69, 9.17) is 0 Å². The second-order valence-corrected chi connectivity index (χ2v) is 2.29. The van der Waals surface area contributed by atoms with E-state index in [9.17, 15) is 23.1 Å². The summed E-state index contributed by atoms with van der Waals surface area (Å²) in [6.07, 6.45) is -6.77. The van der Waals surface area contributed by atoms with Crippen LogP contribution >= 0.6 is 0 Å². The Morgan fingerprint density at radius 2 is 2.08 bits per heavy atom. The summed E-state index contributed by atoms with van der Waals surface area (Å²) >= 11 is 0. The van der Waals surface area contributed by atoms with Gasteiger partial charge >= 0.3 is 25.0 Å². The van der Waals surface area contributed by atoms with Crippen LogP contribution in [0.25, 0.3) is 0 Å². The van der Waals surface area contributed by atoms with Gasteiger partial charge in [0.25, 0.3) is 0 Å². The summed E-state index contributed by atoms with van der Waals surface area (Å²) in [6, 6.07) is -1.38. The molecule has 0 saturated carbocycles. The van der Waals surface area contributed by atoms with Crippen LogP contribution in [-0.4, -0.2) is 31.0 Å². The molecule has 70 valence electrons. The van der Waals surface area contributed by atoms with Crippen molar-refractivity contribution in [2.45, 2.75) is 18.4 Å². The van der Waals surface area contributed by atoms with E-state index in [0.29, 0.717) is 0 Å². The van der Waals surface area contributed by atoms with Gasteiger partial charge in [-0.05, 0) is 0 Å². The monoisotopic (exact) mass is 191 g/mol. The first-order chi connectivity index (χ1) is 5.41. The number of rotatable bonds is 1. The van der Waals surface area contributed by atoms with Gasteiger partial charge in [0, 0.05) is 0 Å². The van der Waals surface area contributed by atoms with Crippen LogP contribution in [0.4, 0.5) is 13.2 Å². The summed E-state index contributed by atoms with van der Waals surface area (Å²) in [4.78, 5) is 10.1. The van der Waals surface area contributed by atoms with Gasteiger partial charge in [0.1, 0.15) is 0 Å². The van der Waals surface area contributed by atoms with Crippen molar-refractivity contribution in [1.29, 1.82) is 0 Å². The Labute approximate surface area is 83.6 Å². The van der Waals surface area contributed by atoms with E-state index < -0.39 is 31.0 Å². The molecule has 0 bridgehead atoms. The van der Waals surface area contributed by atoms with Crippen molar-refractivity contribution in [1.82, 2.24) is 5.32 Å². The number of ether oxygens (including phenoxy) is 1. The number of hydrogen-bond donors (Lipinski definition) is 1. The van der Waals surface area contributed by atoms with Crippen LogP contribution in [-0.2, 0) is 9.53 Å². The van der Waals surface area contributed by atoms with E-state index in [1.165, 1.54) is 0 Å². The van der Waals surface area contributed by atoms with Crippen LogP contribution < -0.4 is 29.3 Å². The zero-order valence-electron chi connectivity index (χ0n) is 6.72. The molecule has 0 aromatic rings. The van der Waals surface area contributed by atoms with Crippen LogP contribution in [0.1, 0.15) is 0 Å². The summed E-state index contributed by atoms with van der Waals surface area (Å²) in [5.74, 6) is -1.60. The Bertz CT molecular complexity index is 198. The molecule has 1 rings (SSSR count). The topological polar surface area (TPSA) is 61.4 Å². The fraction of sp³-hybridized carbons (Fsp3) is 0.800. The fourth-order valence-corrected chi connectivity index (χ4v) is 0.796. The maximum Gasteiger partial charge on any atom is 1.00 e. The molecule has 1 aliphatic rings. The smallest absolute Gasteiger partial charge is 0.548 e. The molecule has 0 amide bonds. The molecular weight excluding hydrogens is 186 g/mol. The standard InChI is InChI=1S/C5H6F3NO3.Li/c6-5(7,8)4-9-2(1-12-4)3(10)11;/h2,4,9H,1H2,(H,10,11);/q;+1/p-1/t2-,4-;/m0./s1. The average Bonchev–Trinajstić information content (AvgIpc) is 2.30. The van der Waals surface area contributed by atoms with Crippen molar-refractivity contribution in [2.24, 2.45) is 0 Å². The SMILES string of the molecule is O=C([O-])[C@@H]1CO[C@@H](C(F)(F)F)N1.[Li+]. The largest absolute Gasteiger partial charge is 1.00 e. The van der Waals surface area contributed by atoms with E-state index in [2.05, 4.69) is 4.74 Å². The number of carboxylic acid groups (broad SMARTS) is 1. The van der Waals surface area contributed by atoms with Crippen molar-refractivity contribution in [3.8, 4) is 0 Å². The maximum absolute atomic E-state index is 11.8. The molecule has 2 atom stereocenters. The number of nitrogens with one attached hydrogen (secondary N) is 1. The third-order valence-electron chi connectivity index (χ3n) is 1.36. The van der Waals surface area contributed by atoms with Gasteiger partial charge in [-0.2, -0.15) is 13.2 Å². The number of halogens is 3. The van der Waals surface area contributed by atoms with Crippen molar-refractivity contribution < 1.29 is 46.7 Å². The maximum atomic E-state index is 11.8. The van der Waals surface area contributed by atoms with Gasteiger partial charge in [0.15, 0.2) is 0 Å². The average molecular weight is 191 g/mol. The molecule has 1 saturated heterocycles. The van der Waals surface area contributed by atoms with Gasteiger partial charge in [-0.1, -0.05) is 0 Å². The van der Waals surface area contributed by atoms with Crippen molar-refractivity contribution in [2.75, 3.05) is 6.61 Å². The zero-order chi connectivity index (χ0) is 9.35. The molecule has 0 aromatic heterocycles. The Hall–Kier alpha value is -0.223. The second-order valence-electron chi connectivity index (χ2n) is 2.29. The molecular formula is C5H5F3LiNO3. The van der Waals surface area contributed by atoms with E-state index in [-0.39, 0.29) is 18.9 Å². The minimum Gasteiger partial charge on any atom is -0.548 e. The first-order valence-corrected chi connectivity index (χ1v) is 3.06. The van der Waals surface area contributed by atoms with Gasteiger partial charge in [-0.3, -0.25) is 5.32 Å². The van der Waals surface area contributed by atoms with Crippen molar-refractivity contribution in [3.05, 3.63) is 0 Å². The third-order valence-corrected chi connectivity index (χ3v) is 1.36. The van der Waals surface area contributed by atoms with E-state index >= 15 is 0 Å². The molecule has 1 heterocycles. The Balaban J connectivity index is 0.00000144. The molecule has 8 heteroatoms. The van der Waals surface area contributed by atoms with Gasteiger partial charge in [-0.15, -0.1) is 0 Å². The first-order valence-electron chi connectivity index (χ1n) is 3.06. The number of hydrogen-bond acceptors (Lipinski definition) is 4. The molecule has 4 nitrogen and oxygen atoms in total. The predicted octanol–water partition coefficient (Wildman–Crippen LogP) is -4.38. The van der Waals surface area contributed by atoms with E-state index in [1.807, 2.05) is 0 Å². The fourth-order valence-electron chi connectivity index (χ4n) is 0.796. The normalized spacial score (nSPS) is 28.2.